The minimum absolute atomic E-state index is 0.0152. The normalized spacial score (nSPS) is 19.9. The van der Waals surface area contributed by atoms with E-state index in [-0.39, 0.29) is 18.4 Å². The Morgan fingerprint density at radius 1 is 0.938 bits per heavy atom. The summed E-state index contributed by atoms with van der Waals surface area (Å²) in [6, 6.07) is 6.40. The molecule has 1 aliphatic rings. The lowest BCUT2D eigenvalue weighted by atomic mass is 9.78. The van der Waals surface area contributed by atoms with Crippen LogP contribution in [0.5, 0.6) is 0 Å². The van der Waals surface area contributed by atoms with E-state index in [9.17, 15) is 49.1 Å². The van der Waals surface area contributed by atoms with Crippen molar-refractivity contribution in [3.05, 3.63) is 35.4 Å². The fourth-order valence-corrected chi connectivity index (χ4v) is 3.19. The van der Waals surface area contributed by atoms with Gasteiger partial charge in [0.2, 0.25) is 5.78 Å². The number of benzene rings is 1. The molecule has 1 unspecified atom stereocenters. The first-order valence-electron chi connectivity index (χ1n) is 9.21. The maximum absolute atomic E-state index is 14.0. The molecule has 1 aromatic rings. The van der Waals surface area contributed by atoms with Crippen molar-refractivity contribution in [2.45, 2.75) is 43.2 Å². The van der Waals surface area contributed by atoms with Crippen LogP contribution >= 0.6 is 0 Å². The van der Waals surface area contributed by atoms with Gasteiger partial charge in [0.1, 0.15) is 0 Å². The van der Waals surface area contributed by atoms with Gasteiger partial charge in [-0.15, -0.1) is 0 Å². The number of hydrogen-bond acceptors (Lipinski definition) is 3. The number of rotatable bonds is 6. The van der Waals surface area contributed by atoms with Crippen LogP contribution in [0.3, 0.4) is 0 Å². The second kappa shape index (κ2) is 8.43. The van der Waals surface area contributed by atoms with Crippen LogP contribution < -0.4 is 4.90 Å². The minimum atomic E-state index is -7.19. The van der Waals surface area contributed by atoms with Gasteiger partial charge >= 0.3 is 23.9 Å². The van der Waals surface area contributed by atoms with E-state index in [0.29, 0.717) is 5.56 Å². The summed E-state index contributed by atoms with van der Waals surface area (Å²) in [5, 5.41) is 0. The van der Waals surface area contributed by atoms with Crippen LogP contribution in [0.15, 0.2) is 29.8 Å². The van der Waals surface area contributed by atoms with Crippen molar-refractivity contribution in [3.8, 4) is 0 Å². The molecule has 0 spiro atoms. The van der Waals surface area contributed by atoms with Crippen LogP contribution in [-0.2, 0) is 9.59 Å². The Morgan fingerprint density at radius 3 is 1.94 bits per heavy atom. The lowest BCUT2D eigenvalue weighted by Gasteiger charge is -2.34. The summed E-state index contributed by atoms with van der Waals surface area (Å²) >= 11 is 0. The van der Waals surface area contributed by atoms with Crippen molar-refractivity contribution in [1.29, 1.82) is 0 Å². The molecule has 12 heteroatoms. The van der Waals surface area contributed by atoms with Gasteiger partial charge in [-0.3, -0.25) is 9.59 Å². The second-order valence-electron chi connectivity index (χ2n) is 7.55. The molecule has 0 radical (unpaired) electrons. The summed E-state index contributed by atoms with van der Waals surface area (Å²) in [6.45, 7) is 0. The van der Waals surface area contributed by atoms with Gasteiger partial charge in [0.15, 0.2) is 5.78 Å². The average Bonchev–Trinajstić information content (AvgIpc) is 2.68. The highest BCUT2D eigenvalue weighted by Gasteiger charge is 2.83. The van der Waals surface area contributed by atoms with Gasteiger partial charge in [0, 0.05) is 19.8 Å². The maximum atomic E-state index is 14.0. The van der Waals surface area contributed by atoms with Crippen LogP contribution in [0, 0.1) is 5.92 Å². The van der Waals surface area contributed by atoms with Crippen molar-refractivity contribution in [3.63, 3.8) is 0 Å². The van der Waals surface area contributed by atoms with Gasteiger partial charge in [0.05, 0.1) is 5.92 Å². The number of allylic oxidation sites excluding steroid dienone is 1. The number of carbonyl (C=O) groups is 2. The Hall–Kier alpha value is -2.53. The maximum Gasteiger partial charge on any atom is 0.460 e. The summed E-state index contributed by atoms with van der Waals surface area (Å²) in [6.07, 6.45) is -6.62. The SMILES string of the molecule is CN(C)c1ccc(/C=C2\CCCC(C(=O)C(F)(F)C(F)(F)C(F)(F)C(F)(F)F)C2=O)cc1. The topological polar surface area (TPSA) is 37.4 Å². The van der Waals surface area contributed by atoms with Gasteiger partial charge in [0.25, 0.3) is 0 Å². The van der Waals surface area contributed by atoms with E-state index in [0.717, 1.165) is 5.69 Å². The number of carbonyl (C=O) groups excluding carboxylic acids is 2. The van der Waals surface area contributed by atoms with E-state index in [1.54, 1.807) is 43.3 Å². The van der Waals surface area contributed by atoms with Gasteiger partial charge < -0.3 is 4.90 Å². The smallest absolute Gasteiger partial charge is 0.378 e. The molecule has 2 rings (SSSR count). The van der Waals surface area contributed by atoms with E-state index in [4.69, 9.17) is 0 Å². The lowest BCUT2D eigenvalue weighted by Crippen LogP contribution is -2.64. The summed E-state index contributed by atoms with van der Waals surface area (Å²) in [5.41, 5.74) is 0.990. The van der Waals surface area contributed by atoms with Crippen LogP contribution in [-0.4, -0.2) is 49.6 Å². The highest BCUT2D eigenvalue weighted by atomic mass is 19.4. The molecule has 3 nitrogen and oxygen atoms in total. The molecule has 1 aromatic carbocycles. The zero-order valence-electron chi connectivity index (χ0n) is 16.8. The highest BCUT2D eigenvalue weighted by Crippen LogP contribution is 2.54. The van der Waals surface area contributed by atoms with Crippen LogP contribution in [0.25, 0.3) is 6.08 Å². The Bertz CT molecular complexity index is 903. The second-order valence-corrected chi connectivity index (χ2v) is 7.55. The molecule has 0 bridgehead atoms. The number of alkyl halides is 9. The molecule has 32 heavy (non-hydrogen) atoms. The first-order valence-corrected chi connectivity index (χ1v) is 9.21. The lowest BCUT2D eigenvalue weighted by molar-refractivity contribution is -0.388. The molecule has 0 saturated heterocycles. The van der Waals surface area contributed by atoms with Gasteiger partial charge in [-0.1, -0.05) is 12.1 Å². The van der Waals surface area contributed by atoms with Crippen molar-refractivity contribution < 1.29 is 49.1 Å². The Balaban J connectivity index is 2.34. The first-order chi connectivity index (χ1) is 14.4. The molecular weight excluding hydrogens is 457 g/mol. The predicted octanol–water partition coefficient (Wildman–Crippen LogP) is 5.54. The molecule has 0 N–H and O–H groups in total. The molecule has 0 amide bonds. The summed E-state index contributed by atoms with van der Waals surface area (Å²) < 4.78 is 118. The van der Waals surface area contributed by atoms with Crippen molar-refractivity contribution in [1.82, 2.24) is 0 Å². The fraction of sp³-hybridized carbons (Fsp3) is 0.500. The third kappa shape index (κ3) is 4.36. The van der Waals surface area contributed by atoms with Crippen LogP contribution in [0.1, 0.15) is 24.8 Å². The quantitative estimate of drug-likeness (QED) is 0.308. The van der Waals surface area contributed by atoms with E-state index in [1.165, 1.54) is 6.08 Å². The van der Waals surface area contributed by atoms with Crippen LogP contribution in [0.4, 0.5) is 45.2 Å². The zero-order valence-corrected chi connectivity index (χ0v) is 16.8. The fourth-order valence-electron chi connectivity index (χ4n) is 3.19. The number of halogens is 9. The van der Waals surface area contributed by atoms with E-state index in [2.05, 4.69) is 0 Å². The Kier molecular flexibility index (Phi) is 6.78. The molecule has 0 aliphatic heterocycles. The number of hydrogen-bond donors (Lipinski definition) is 0. The number of nitrogens with zero attached hydrogens (tertiary/aromatic N) is 1. The van der Waals surface area contributed by atoms with Crippen molar-refractivity contribution in [2.24, 2.45) is 5.92 Å². The van der Waals surface area contributed by atoms with Crippen LogP contribution in [0.2, 0.25) is 0 Å². The third-order valence-corrected chi connectivity index (χ3v) is 5.09. The molecule has 1 fully saturated rings. The van der Waals surface area contributed by atoms with E-state index in [1.807, 2.05) is 0 Å². The number of ketones is 2. The highest BCUT2D eigenvalue weighted by molar-refractivity contribution is 6.14. The molecular formula is C20H18F9NO2. The molecule has 1 saturated carbocycles. The average molecular weight is 475 g/mol. The molecule has 0 heterocycles. The molecule has 0 aromatic heterocycles. The largest absolute Gasteiger partial charge is 0.460 e. The minimum Gasteiger partial charge on any atom is -0.378 e. The predicted molar refractivity (Wildman–Crippen MR) is 97.0 cm³/mol. The van der Waals surface area contributed by atoms with Gasteiger partial charge in [-0.2, -0.15) is 39.5 Å². The third-order valence-electron chi connectivity index (χ3n) is 5.09. The Labute approximate surface area is 176 Å². The van der Waals surface area contributed by atoms with Gasteiger partial charge in [-0.25, -0.2) is 0 Å². The number of Topliss-reactive ketones (excluding diaryl/α,β-unsaturated/α-hetero) is 2. The monoisotopic (exact) mass is 475 g/mol. The zero-order chi connectivity index (χ0) is 24.7. The summed E-state index contributed by atoms with van der Waals surface area (Å²) in [7, 11) is 3.51. The number of anilines is 1. The molecule has 1 aliphatic carbocycles. The summed E-state index contributed by atoms with van der Waals surface area (Å²) in [4.78, 5) is 26.2. The van der Waals surface area contributed by atoms with Crippen molar-refractivity contribution in [2.75, 3.05) is 19.0 Å². The first kappa shape index (κ1) is 25.7. The van der Waals surface area contributed by atoms with Gasteiger partial charge in [-0.05, 0) is 48.6 Å². The standard InChI is InChI=1S/C20H18F9NO2/c1-30(2)13-8-6-11(7-9-13)10-12-4-3-5-14(15(12)31)16(32)17(21,22)18(23,24)19(25,26)20(27,28)29/h6-10,14H,3-5H2,1-2H3/b12-10+. The van der Waals surface area contributed by atoms with E-state index >= 15 is 0 Å². The molecule has 1 atom stereocenters. The summed E-state index contributed by atoms with van der Waals surface area (Å²) in [5.74, 6) is -27.5. The van der Waals surface area contributed by atoms with Crippen molar-refractivity contribution >= 4 is 23.3 Å². The van der Waals surface area contributed by atoms with E-state index < -0.39 is 47.8 Å². The Morgan fingerprint density at radius 2 is 1.47 bits per heavy atom. The molecule has 178 valence electrons.